The number of rotatable bonds is 6. The topological polar surface area (TPSA) is 75.9 Å². The van der Waals surface area contributed by atoms with Crippen molar-refractivity contribution in [2.75, 3.05) is 31.6 Å². The van der Waals surface area contributed by atoms with Crippen LogP contribution in [0.15, 0.2) is 54.6 Å². The minimum Gasteiger partial charge on any atom is -0.497 e. The predicted molar refractivity (Wildman–Crippen MR) is 100 cm³/mol. The Morgan fingerprint density at radius 3 is 2.65 bits per heavy atom. The highest BCUT2D eigenvalue weighted by atomic mass is 16.5. The number of nitrogens with two attached hydrogens (primary N) is 1. The van der Waals surface area contributed by atoms with Gasteiger partial charge in [-0.15, -0.1) is 0 Å². The number of anilines is 1. The van der Waals surface area contributed by atoms with Gasteiger partial charge in [0.2, 0.25) is 11.8 Å². The Labute approximate surface area is 153 Å². The van der Waals surface area contributed by atoms with E-state index in [0.717, 1.165) is 17.7 Å². The smallest absolute Gasteiger partial charge is 0.241 e. The van der Waals surface area contributed by atoms with Crippen molar-refractivity contribution >= 4 is 17.5 Å². The SMILES string of the molecule is COc1cccc(N2CC(Cc3ccccc3)N(CC(N)=O)CC2=O)c1. The summed E-state index contributed by atoms with van der Waals surface area (Å²) in [5.74, 6) is 0.226. The lowest BCUT2D eigenvalue weighted by Crippen LogP contribution is -2.58. The fraction of sp³-hybridized carbons (Fsp3) is 0.300. The molecule has 1 atom stereocenters. The first kappa shape index (κ1) is 17.9. The summed E-state index contributed by atoms with van der Waals surface area (Å²) in [6, 6.07) is 17.5. The second kappa shape index (κ2) is 8.01. The van der Waals surface area contributed by atoms with Crippen LogP contribution in [0.1, 0.15) is 5.56 Å². The molecular formula is C20H23N3O3. The lowest BCUT2D eigenvalue weighted by atomic mass is 10.0. The molecule has 2 amide bonds. The summed E-state index contributed by atoms with van der Waals surface area (Å²) in [7, 11) is 1.60. The van der Waals surface area contributed by atoms with Gasteiger partial charge in [-0.25, -0.2) is 0 Å². The van der Waals surface area contributed by atoms with Gasteiger partial charge in [0.25, 0.3) is 0 Å². The van der Waals surface area contributed by atoms with E-state index < -0.39 is 5.91 Å². The highest BCUT2D eigenvalue weighted by molar-refractivity contribution is 5.96. The van der Waals surface area contributed by atoms with E-state index >= 15 is 0 Å². The first-order valence-corrected chi connectivity index (χ1v) is 8.57. The van der Waals surface area contributed by atoms with Crippen LogP contribution >= 0.6 is 0 Å². The maximum absolute atomic E-state index is 12.7. The van der Waals surface area contributed by atoms with Crippen molar-refractivity contribution in [1.82, 2.24) is 4.90 Å². The van der Waals surface area contributed by atoms with Crippen LogP contribution in [0, 0.1) is 0 Å². The zero-order valence-corrected chi connectivity index (χ0v) is 14.8. The van der Waals surface area contributed by atoms with Crippen LogP contribution in [-0.2, 0) is 16.0 Å². The van der Waals surface area contributed by atoms with Gasteiger partial charge in [0, 0.05) is 24.3 Å². The average Bonchev–Trinajstić information content (AvgIpc) is 2.64. The summed E-state index contributed by atoms with van der Waals surface area (Å²) >= 11 is 0. The summed E-state index contributed by atoms with van der Waals surface area (Å²) in [6.45, 7) is 0.737. The van der Waals surface area contributed by atoms with Gasteiger partial charge in [0.1, 0.15) is 5.75 Å². The molecular weight excluding hydrogens is 330 g/mol. The predicted octanol–water partition coefficient (Wildman–Crippen LogP) is 1.44. The molecule has 0 radical (unpaired) electrons. The van der Waals surface area contributed by atoms with Crippen LogP contribution in [0.25, 0.3) is 0 Å². The molecule has 2 N–H and O–H groups in total. The molecule has 1 aliphatic rings. The largest absolute Gasteiger partial charge is 0.497 e. The van der Waals surface area contributed by atoms with Crippen LogP contribution in [-0.4, -0.2) is 49.5 Å². The van der Waals surface area contributed by atoms with E-state index in [-0.39, 0.29) is 25.0 Å². The van der Waals surface area contributed by atoms with Crippen LogP contribution in [0.5, 0.6) is 5.75 Å². The molecule has 3 rings (SSSR count). The molecule has 0 aromatic heterocycles. The number of hydrogen-bond donors (Lipinski definition) is 1. The summed E-state index contributed by atoms with van der Waals surface area (Å²) < 4.78 is 5.27. The van der Waals surface area contributed by atoms with Crippen molar-refractivity contribution in [2.24, 2.45) is 5.73 Å². The highest BCUT2D eigenvalue weighted by Crippen LogP contribution is 2.25. The standard InChI is InChI=1S/C20H23N3O3/c1-26-18-9-5-8-16(11-18)23-12-17(10-15-6-3-2-4-7-15)22(13-19(21)24)14-20(23)25/h2-9,11,17H,10,12-14H2,1H3,(H2,21,24). The van der Waals surface area contributed by atoms with Crippen molar-refractivity contribution < 1.29 is 14.3 Å². The number of amides is 2. The summed E-state index contributed by atoms with van der Waals surface area (Å²) in [6.07, 6.45) is 0.738. The van der Waals surface area contributed by atoms with Gasteiger partial charge in [-0.05, 0) is 24.1 Å². The Bertz CT molecular complexity index is 779. The second-order valence-corrected chi connectivity index (χ2v) is 6.42. The zero-order valence-electron chi connectivity index (χ0n) is 14.8. The normalized spacial score (nSPS) is 18.0. The molecule has 136 valence electrons. The van der Waals surface area contributed by atoms with Crippen molar-refractivity contribution in [2.45, 2.75) is 12.5 Å². The number of carbonyl (C=O) groups excluding carboxylic acids is 2. The van der Waals surface area contributed by atoms with Crippen LogP contribution in [0.4, 0.5) is 5.69 Å². The van der Waals surface area contributed by atoms with E-state index in [1.165, 1.54) is 0 Å². The van der Waals surface area contributed by atoms with E-state index in [4.69, 9.17) is 10.5 Å². The Balaban J connectivity index is 1.84. The third-order valence-corrected chi connectivity index (χ3v) is 4.59. The lowest BCUT2D eigenvalue weighted by Gasteiger charge is -2.40. The third-order valence-electron chi connectivity index (χ3n) is 4.59. The van der Waals surface area contributed by atoms with E-state index in [2.05, 4.69) is 12.1 Å². The minimum absolute atomic E-state index is 0.00815. The van der Waals surface area contributed by atoms with Crippen molar-refractivity contribution in [1.29, 1.82) is 0 Å². The summed E-state index contributed by atoms with van der Waals surface area (Å²) in [5.41, 5.74) is 7.34. The highest BCUT2D eigenvalue weighted by Gasteiger charge is 2.33. The number of benzene rings is 2. The maximum atomic E-state index is 12.7. The van der Waals surface area contributed by atoms with Crippen molar-refractivity contribution in [3.8, 4) is 5.75 Å². The van der Waals surface area contributed by atoms with Gasteiger partial charge in [-0.2, -0.15) is 0 Å². The number of piperazine rings is 1. The van der Waals surface area contributed by atoms with Gasteiger partial charge < -0.3 is 15.4 Å². The Hall–Kier alpha value is -2.86. The van der Waals surface area contributed by atoms with E-state index in [9.17, 15) is 9.59 Å². The fourth-order valence-corrected chi connectivity index (χ4v) is 3.31. The molecule has 2 aromatic carbocycles. The van der Waals surface area contributed by atoms with Gasteiger partial charge in [0.05, 0.1) is 20.2 Å². The van der Waals surface area contributed by atoms with Gasteiger partial charge in [0.15, 0.2) is 0 Å². The molecule has 1 heterocycles. The Morgan fingerprint density at radius 2 is 1.96 bits per heavy atom. The zero-order chi connectivity index (χ0) is 18.5. The van der Waals surface area contributed by atoms with Crippen LogP contribution < -0.4 is 15.4 Å². The monoisotopic (exact) mass is 353 g/mol. The number of primary amides is 1. The molecule has 0 saturated carbocycles. The molecule has 0 spiro atoms. The van der Waals surface area contributed by atoms with Crippen LogP contribution in [0.3, 0.4) is 0 Å². The molecule has 0 aliphatic carbocycles. The minimum atomic E-state index is -0.425. The number of carbonyl (C=O) groups is 2. The molecule has 6 nitrogen and oxygen atoms in total. The molecule has 1 fully saturated rings. The second-order valence-electron chi connectivity index (χ2n) is 6.42. The number of nitrogens with zero attached hydrogens (tertiary/aromatic N) is 2. The first-order valence-electron chi connectivity index (χ1n) is 8.57. The molecule has 0 bridgehead atoms. The number of methoxy groups -OCH3 is 1. The van der Waals surface area contributed by atoms with Crippen molar-refractivity contribution in [3.63, 3.8) is 0 Å². The maximum Gasteiger partial charge on any atom is 0.241 e. The third kappa shape index (κ3) is 4.21. The van der Waals surface area contributed by atoms with E-state index in [1.54, 1.807) is 12.0 Å². The molecule has 26 heavy (non-hydrogen) atoms. The molecule has 6 heteroatoms. The molecule has 2 aromatic rings. The first-order chi connectivity index (χ1) is 12.6. The molecule has 1 saturated heterocycles. The van der Waals surface area contributed by atoms with E-state index in [1.807, 2.05) is 47.4 Å². The lowest BCUT2D eigenvalue weighted by molar-refractivity contribution is -0.125. The van der Waals surface area contributed by atoms with E-state index in [0.29, 0.717) is 12.3 Å². The van der Waals surface area contributed by atoms with Gasteiger partial charge in [-0.3, -0.25) is 14.5 Å². The van der Waals surface area contributed by atoms with Crippen LogP contribution in [0.2, 0.25) is 0 Å². The average molecular weight is 353 g/mol. The van der Waals surface area contributed by atoms with Gasteiger partial charge in [-0.1, -0.05) is 36.4 Å². The Kier molecular flexibility index (Phi) is 5.53. The summed E-state index contributed by atoms with van der Waals surface area (Å²) in [5, 5.41) is 0. The number of ether oxygens (including phenoxy) is 1. The fourth-order valence-electron chi connectivity index (χ4n) is 3.31. The number of hydrogen-bond acceptors (Lipinski definition) is 4. The quantitative estimate of drug-likeness (QED) is 0.853. The molecule has 1 unspecified atom stereocenters. The Morgan fingerprint density at radius 1 is 1.19 bits per heavy atom. The van der Waals surface area contributed by atoms with Crippen molar-refractivity contribution in [3.05, 3.63) is 60.2 Å². The van der Waals surface area contributed by atoms with Gasteiger partial charge >= 0.3 is 0 Å². The summed E-state index contributed by atoms with van der Waals surface area (Å²) in [4.78, 5) is 27.7. The molecule has 1 aliphatic heterocycles.